The standard InChI is InChI=1S/C19H18ClN3O2S/c20-13-5-3-12(4-6-13)19-22-16-17(25)14(11-15(24)18(16)26-19)21-7-10-23-8-1-2-9-23/h3-6,11,21H,1-2,7-10H2. The third-order valence-electron chi connectivity index (χ3n) is 4.62. The molecule has 0 unspecified atom stereocenters. The van der Waals surface area contributed by atoms with Crippen molar-refractivity contribution in [1.82, 2.24) is 15.2 Å². The Balaban J connectivity index is 1.50. The van der Waals surface area contributed by atoms with Crippen LogP contribution in [0.4, 0.5) is 0 Å². The second kappa shape index (κ2) is 7.31. The van der Waals surface area contributed by atoms with Crippen LogP contribution in [0.5, 0.6) is 0 Å². The summed E-state index contributed by atoms with van der Waals surface area (Å²) in [4.78, 5) is 32.3. The van der Waals surface area contributed by atoms with Crippen LogP contribution in [0.25, 0.3) is 10.6 Å². The van der Waals surface area contributed by atoms with Crippen LogP contribution in [0.3, 0.4) is 0 Å². The molecule has 134 valence electrons. The first-order valence-corrected chi connectivity index (χ1v) is 9.85. The van der Waals surface area contributed by atoms with E-state index in [1.54, 1.807) is 12.1 Å². The molecule has 1 aromatic carbocycles. The number of Topliss-reactive ketones (excluding diaryl/α,β-unsaturated/α-hetero) is 1. The molecule has 0 saturated carbocycles. The zero-order valence-electron chi connectivity index (χ0n) is 14.1. The lowest BCUT2D eigenvalue weighted by Gasteiger charge is -2.17. The number of nitrogens with zero attached hydrogens (tertiary/aromatic N) is 2. The molecule has 2 heterocycles. The second-order valence-electron chi connectivity index (χ2n) is 6.43. The first-order valence-electron chi connectivity index (χ1n) is 8.65. The van der Waals surface area contributed by atoms with Gasteiger partial charge in [0.25, 0.3) is 0 Å². The van der Waals surface area contributed by atoms with Crippen molar-refractivity contribution in [2.45, 2.75) is 12.8 Å². The molecule has 1 N–H and O–H groups in total. The number of aromatic nitrogens is 1. The summed E-state index contributed by atoms with van der Waals surface area (Å²) in [6.45, 7) is 3.73. The maximum absolute atomic E-state index is 12.7. The highest BCUT2D eigenvalue weighted by molar-refractivity contribution is 7.17. The molecule has 0 spiro atoms. The van der Waals surface area contributed by atoms with Gasteiger partial charge in [-0.05, 0) is 38.1 Å². The molecule has 1 fully saturated rings. The Morgan fingerprint density at radius 1 is 1.15 bits per heavy atom. The minimum Gasteiger partial charge on any atom is -0.380 e. The molecule has 7 heteroatoms. The van der Waals surface area contributed by atoms with Gasteiger partial charge < -0.3 is 10.2 Å². The predicted octanol–water partition coefficient (Wildman–Crippen LogP) is 3.41. The van der Waals surface area contributed by atoms with Gasteiger partial charge in [-0.1, -0.05) is 23.7 Å². The highest BCUT2D eigenvalue weighted by Crippen LogP contribution is 2.32. The molecule has 1 saturated heterocycles. The average Bonchev–Trinajstić information content (AvgIpc) is 3.30. The number of carbonyl (C=O) groups excluding carboxylic acids is 2. The van der Waals surface area contributed by atoms with E-state index in [2.05, 4.69) is 15.2 Å². The summed E-state index contributed by atoms with van der Waals surface area (Å²) in [5.74, 6) is -0.376. The van der Waals surface area contributed by atoms with Gasteiger partial charge in [0.2, 0.25) is 5.78 Å². The van der Waals surface area contributed by atoms with Gasteiger partial charge >= 0.3 is 0 Å². The SMILES string of the molecule is O=C1C(NCCN2CCCC2)=CC(=O)c2sc(-c3ccc(Cl)cc3)nc21. The minimum atomic E-state index is -0.211. The fourth-order valence-electron chi connectivity index (χ4n) is 3.23. The van der Waals surface area contributed by atoms with Gasteiger partial charge in [0, 0.05) is 29.8 Å². The largest absolute Gasteiger partial charge is 0.380 e. The van der Waals surface area contributed by atoms with E-state index in [9.17, 15) is 9.59 Å². The van der Waals surface area contributed by atoms with Crippen molar-refractivity contribution >= 4 is 34.5 Å². The normalized spacial score (nSPS) is 17.3. The number of hydrogen-bond donors (Lipinski definition) is 1. The van der Waals surface area contributed by atoms with E-state index in [0.717, 1.165) is 25.2 Å². The Bertz CT molecular complexity index is 883. The van der Waals surface area contributed by atoms with E-state index >= 15 is 0 Å². The lowest BCUT2D eigenvalue weighted by atomic mass is 10.0. The number of fused-ring (bicyclic) bond motifs is 1. The first-order chi connectivity index (χ1) is 12.6. The zero-order chi connectivity index (χ0) is 18.1. The van der Waals surface area contributed by atoms with Crippen LogP contribution in [0.2, 0.25) is 5.02 Å². The molecule has 0 amide bonds. The fourth-order valence-corrected chi connectivity index (χ4v) is 4.34. The van der Waals surface area contributed by atoms with Crippen LogP contribution in [0.1, 0.15) is 33.0 Å². The lowest BCUT2D eigenvalue weighted by Crippen LogP contribution is -2.33. The van der Waals surface area contributed by atoms with Gasteiger partial charge in [-0.15, -0.1) is 11.3 Å². The average molecular weight is 388 g/mol. The Hall–Kier alpha value is -2.02. The van der Waals surface area contributed by atoms with Crippen molar-refractivity contribution < 1.29 is 9.59 Å². The molecule has 0 bridgehead atoms. The molecule has 26 heavy (non-hydrogen) atoms. The topological polar surface area (TPSA) is 62.3 Å². The molecule has 4 rings (SSSR count). The Kier molecular flexibility index (Phi) is 4.89. The summed E-state index contributed by atoms with van der Waals surface area (Å²) in [5, 5.41) is 4.41. The van der Waals surface area contributed by atoms with Crippen LogP contribution in [-0.4, -0.2) is 47.6 Å². The van der Waals surface area contributed by atoms with Crippen molar-refractivity contribution in [1.29, 1.82) is 0 Å². The molecule has 5 nitrogen and oxygen atoms in total. The second-order valence-corrected chi connectivity index (χ2v) is 7.87. The van der Waals surface area contributed by atoms with E-state index < -0.39 is 0 Å². The van der Waals surface area contributed by atoms with Crippen LogP contribution >= 0.6 is 22.9 Å². The molecule has 0 atom stereocenters. The van der Waals surface area contributed by atoms with E-state index in [0.29, 0.717) is 27.1 Å². The predicted molar refractivity (Wildman–Crippen MR) is 103 cm³/mol. The van der Waals surface area contributed by atoms with E-state index in [1.807, 2.05) is 12.1 Å². The number of nitrogens with one attached hydrogen (secondary N) is 1. The maximum atomic E-state index is 12.7. The highest BCUT2D eigenvalue weighted by atomic mass is 35.5. The number of ketones is 2. The zero-order valence-corrected chi connectivity index (χ0v) is 15.7. The molecule has 0 radical (unpaired) electrons. The molecule has 2 aliphatic rings. The number of hydrogen-bond acceptors (Lipinski definition) is 6. The highest BCUT2D eigenvalue weighted by Gasteiger charge is 2.30. The fraction of sp³-hybridized carbons (Fsp3) is 0.316. The Morgan fingerprint density at radius 3 is 2.62 bits per heavy atom. The summed E-state index contributed by atoms with van der Waals surface area (Å²) in [6, 6.07) is 7.21. The molecular weight excluding hydrogens is 370 g/mol. The minimum absolute atomic E-state index is 0.166. The number of allylic oxidation sites excluding steroid dienone is 2. The van der Waals surface area contributed by atoms with E-state index in [4.69, 9.17) is 11.6 Å². The smallest absolute Gasteiger partial charge is 0.228 e. The van der Waals surface area contributed by atoms with E-state index in [1.165, 1.54) is 30.3 Å². The number of benzene rings is 1. The monoisotopic (exact) mass is 387 g/mol. The summed E-state index contributed by atoms with van der Waals surface area (Å²) in [5.41, 5.74) is 1.43. The maximum Gasteiger partial charge on any atom is 0.228 e. The van der Waals surface area contributed by atoms with Gasteiger partial charge in [0.1, 0.15) is 15.6 Å². The van der Waals surface area contributed by atoms with E-state index in [-0.39, 0.29) is 17.3 Å². The Labute approximate surface area is 160 Å². The van der Waals surface area contributed by atoms with Gasteiger partial charge in [-0.3, -0.25) is 9.59 Å². The molecule has 1 aliphatic carbocycles. The van der Waals surface area contributed by atoms with Crippen molar-refractivity contribution in [3.05, 3.63) is 51.6 Å². The summed E-state index contributed by atoms with van der Waals surface area (Å²) >= 11 is 7.16. The Morgan fingerprint density at radius 2 is 1.88 bits per heavy atom. The van der Waals surface area contributed by atoms with Crippen LogP contribution in [0.15, 0.2) is 36.0 Å². The van der Waals surface area contributed by atoms with Crippen LogP contribution in [-0.2, 0) is 0 Å². The summed E-state index contributed by atoms with van der Waals surface area (Å²) < 4.78 is 0. The van der Waals surface area contributed by atoms with Crippen molar-refractivity contribution in [2.75, 3.05) is 26.2 Å². The third-order valence-corrected chi connectivity index (χ3v) is 5.99. The van der Waals surface area contributed by atoms with Crippen molar-refractivity contribution in [3.63, 3.8) is 0 Å². The van der Waals surface area contributed by atoms with Crippen LogP contribution in [0, 0.1) is 0 Å². The first kappa shape index (κ1) is 17.4. The number of carbonyl (C=O) groups is 2. The van der Waals surface area contributed by atoms with Crippen molar-refractivity contribution in [2.24, 2.45) is 0 Å². The van der Waals surface area contributed by atoms with Gasteiger partial charge in [0.15, 0.2) is 5.78 Å². The summed E-state index contributed by atoms with van der Waals surface area (Å²) in [6.07, 6.45) is 3.87. The molecule has 1 aliphatic heterocycles. The molecule has 1 aromatic heterocycles. The summed E-state index contributed by atoms with van der Waals surface area (Å²) in [7, 11) is 0. The number of rotatable bonds is 5. The van der Waals surface area contributed by atoms with Gasteiger partial charge in [0.05, 0.1) is 5.70 Å². The van der Waals surface area contributed by atoms with Crippen molar-refractivity contribution in [3.8, 4) is 10.6 Å². The number of likely N-dealkylation sites (tertiary alicyclic amines) is 1. The van der Waals surface area contributed by atoms with Gasteiger partial charge in [-0.2, -0.15) is 0 Å². The molecular formula is C19H18ClN3O2S. The third kappa shape index (κ3) is 3.45. The van der Waals surface area contributed by atoms with Crippen LogP contribution < -0.4 is 5.32 Å². The van der Waals surface area contributed by atoms with Gasteiger partial charge in [-0.25, -0.2) is 4.98 Å². The molecule has 2 aromatic rings. The number of thiazole rings is 1. The lowest BCUT2D eigenvalue weighted by molar-refractivity contribution is 0.0977. The quantitative estimate of drug-likeness (QED) is 0.851. The number of halogens is 1.